The fourth-order valence-corrected chi connectivity index (χ4v) is 2.36. The van der Waals surface area contributed by atoms with Gasteiger partial charge in [0.2, 0.25) is 0 Å². The smallest absolute Gasteiger partial charge is 0.0451 e. The van der Waals surface area contributed by atoms with Crippen LogP contribution in [-0.2, 0) is 13.1 Å². The zero-order chi connectivity index (χ0) is 14.5. The summed E-state index contributed by atoms with van der Waals surface area (Å²) in [6.45, 7) is 6.03. The number of anilines is 1. The van der Waals surface area contributed by atoms with Crippen LogP contribution in [-0.4, -0.2) is 10.9 Å². The van der Waals surface area contributed by atoms with Crippen LogP contribution in [0.4, 0.5) is 5.69 Å². The minimum absolute atomic E-state index is 0.422. The molecule has 0 saturated heterocycles. The van der Waals surface area contributed by atoms with E-state index in [-0.39, 0.29) is 0 Å². The first-order chi connectivity index (χ1) is 9.58. The molecular weight excluding hydrogens is 268 g/mol. The normalized spacial score (nSPS) is 11.2. The van der Waals surface area contributed by atoms with Crippen molar-refractivity contribution in [3.8, 4) is 0 Å². The molecule has 0 radical (unpaired) electrons. The maximum Gasteiger partial charge on any atom is 0.0451 e. The van der Waals surface area contributed by atoms with Crippen LogP contribution in [0.25, 0.3) is 0 Å². The Morgan fingerprint density at radius 2 is 1.50 bits per heavy atom. The number of nitrogens with zero attached hydrogens (tertiary/aromatic N) is 1. The van der Waals surface area contributed by atoms with Crippen molar-refractivity contribution < 1.29 is 0 Å². The van der Waals surface area contributed by atoms with E-state index in [1.165, 1.54) is 0 Å². The van der Waals surface area contributed by atoms with Crippen LogP contribution in [0.5, 0.6) is 0 Å². The summed E-state index contributed by atoms with van der Waals surface area (Å²) in [6, 6.07) is 16.4. The largest absolute Gasteiger partial charge is 0.398 e. The number of nitrogen functional groups attached to an aromatic ring is 1. The molecule has 0 bridgehead atoms. The minimum atomic E-state index is 0.422. The molecule has 0 amide bonds. The zero-order valence-corrected chi connectivity index (χ0v) is 12.8. The molecule has 2 N–H and O–H groups in total. The fraction of sp³-hybridized carbons (Fsp3) is 0.294. The first-order valence-electron chi connectivity index (χ1n) is 6.88. The molecule has 0 spiro atoms. The van der Waals surface area contributed by atoms with Crippen LogP contribution < -0.4 is 5.73 Å². The van der Waals surface area contributed by atoms with Gasteiger partial charge in [-0.05, 0) is 37.1 Å². The molecule has 2 rings (SSSR count). The Bertz CT molecular complexity index is 519. The van der Waals surface area contributed by atoms with Gasteiger partial charge in [0.15, 0.2) is 0 Å². The summed E-state index contributed by atoms with van der Waals surface area (Å²) in [5.74, 6) is 0. The van der Waals surface area contributed by atoms with Crippen LogP contribution in [0.15, 0.2) is 48.5 Å². The van der Waals surface area contributed by atoms with Crippen LogP contribution >= 0.6 is 11.6 Å². The van der Waals surface area contributed by atoms with Crippen molar-refractivity contribution >= 4 is 17.3 Å². The van der Waals surface area contributed by atoms with Crippen molar-refractivity contribution in [2.45, 2.75) is 33.0 Å². The van der Waals surface area contributed by atoms with Crippen LogP contribution in [0.3, 0.4) is 0 Å². The van der Waals surface area contributed by atoms with Crippen molar-refractivity contribution in [1.82, 2.24) is 4.90 Å². The molecule has 20 heavy (non-hydrogen) atoms. The van der Waals surface area contributed by atoms with E-state index >= 15 is 0 Å². The van der Waals surface area contributed by atoms with E-state index in [4.69, 9.17) is 17.3 Å². The number of nitrogens with two attached hydrogens (primary N) is 1. The van der Waals surface area contributed by atoms with Gasteiger partial charge < -0.3 is 5.73 Å². The van der Waals surface area contributed by atoms with Gasteiger partial charge in [-0.1, -0.05) is 48.0 Å². The first-order valence-corrected chi connectivity index (χ1v) is 7.26. The van der Waals surface area contributed by atoms with E-state index in [1.807, 2.05) is 36.4 Å². The predicted molar refractivity (Wildman–Crippen MR) is 86.7 cm³/mol. The SMILES string of the molecule is CC(C)N(Cc1ccccc1N)Cc1ccccc1Cl. The molecule has 3 heteroatoms. The van der Waals surface area contributed by atoms with E-state index in [9.17, 15) is 0 Å². The molecular formula is C17H21ClN2. The number of hydrogen-bond donors (Lipinski definition) is 1. The van der Waals surface area contributed by atoms with Crippen molar-refractivity contribution in [3.63, 3.8) is 0 Å². The number of rotatable bonds is 5. The molecule has 0 unspecified atom stereocenters. The molecule has 0 fully saturated rings. The summed E-state index contributed by atoms with van der Waals surface area (Å²) in [5.41, 5.74) is 9.20. The minimum Gasteiger partial charge on any atom is -0.398 e. The third-order valence-corrected chi connectivity index (χ3v) is 3.86. The van der Waals surface area contributed by atoms with Gasteiger partial charge in [-0.3, -0.25) is 4.90 Å². The number of para-hydroxylation sites is 1. The number of halogens is 1. The highest BCUT2D eigenvalue weighted by Crippen LogP contribution is 2.21. The van der Waals surface area contributed by atoms with Crippen LogP contribution in [0.2, 0.25) is 5.02 Å². The summed E-state index contributed by atoms with van der Waals surface area (Å²) in [7, 11) is 0. The zero-order valence-electron chi connectivity index (χ0n) is 12.0. The Morgan fingerprint density at radius 1 is 0.950 bits per heavy atom. The average Bonchev–Trinajstić information content (AvgIpc) is 2.42. The van der Waals surface area contributed by atoms with E-state index in [2.05, 4.69) is 30.9 Å². The summed E-state index contributed by atoms with van der Waals surface area (Å²) < 4.78 is 0. The quantitative estimate of drug-likeness (QED) is 0.830. The predicted octanol–water partition coefficient (Wildman–Crippen LogP) is 4.33. The van der Waals surface area contributed by atoms with Crippen LogP contribution in [0, 0.1) is 0 Å². The van der Waals surface area contributed by atoms with Gasteiger partial charge in [0.1, 0.15) is 0 Å². The Kier molecular flexibility index (Phi) is 5.05. The van der Waals surface area contributed by atoms with Gasteiger partial charge in [-0.25, -0.2) is 0 Å². The van der Waals surface area contributed by atoms with Crippen LogP contribution in [0.1, 0.15) is 25.0 Å². The van der Waals surface area contributed by atoms with E-state index in [1.54, 1.807) is 0 Å². The lowest BCUT2D eigenvalue weighted by molar-refractivity contribution is 0.204. The van der Waals surface area contributed by atoms with Crippen molar-refractivity contribution in [3.05, 3.63) is 64.7 Å². The van der Waals surface area contributed by atoms with Gasteiger partial charge in [0.05, 0.1) is 0 Å². The third kappa shape index (κ3) is 3.75. The molecule has 0 aromatic heterocycles. The molecule has 2 aromatic carbocycles. The monoisotopic (exact) mass is 288 g/mol. The van der Waals surface area contributed by atoms with E-state index in [0.717, 1.165) is 34.9 Å². The fourth-order valence-electron chi connectivity index (χ4n) is 2.16. The van der Waals surface area contributed by atoms with E-state index in [0.29, 0.717) is 6.04 Å². The van der Waals surface area contributed by atoms with Gasteiger partial charge in [-0.15, -0.1) is 0 Å². The maximum atomic E-state index is 6.26. The summed E-state index contributed by atoms with van der Waals surface area (Å²) in [5, 5.41) is 0.819. The first kappa shape index (κ1) is 14.9. The lowest BCUT2D eigenvalue weighted by Crippen LogP contribution is -2.30. The Morgan fingerprint density at radius 3 is 2.10 bits per heavy atom. The Hall–Kier alpha value is -1.51. The van der Waals surface area contributed by atoms with Crippen molar-refractivity contribution in [2.75, 3.05) is 5.73 Å². The summed E-state index contributed by atoms with van der Waals surface area (Å²) >= 11 is 6.26. The topological polar surface area (TPSA) is 29.3 Å². The standard InChI is InChI=1S/C17H21ClN2/c1-13(2)20(11-14-7-3-5-9-16(14)18)12-15-8-4-6-10-17(15)19/h3-10,13H,11-12,19H2,1-2H3. The molecule has 0 aliphatic heterocycles. The van der Waals surface area contributed by atoms with Crippen molar-refractivity contribution in [1.29, 1.82) is 0 Å². The highest BCUT2D eigenvalue weighted by Gasteiger charge is 2.13. The average molecular weight is 289 g/mol. The Labute approximate surface area is 126 Å². The van der Waals surface area contributed by atoms with Gasteiger partial charge in [0, 0.05) is 29.8 Å². The second-order valence-electron chi connectivity index (χ2n) is 5.29. The van der Waals surface area contributed by atoms with Gasteiger partial charge in [-0.2, -0.15) is 0 Å². The van der Waals surface area contributed by atoms with Crippen molar-refractivity contribution in [2.24, 2.45) is 0 Å². The van der Waals surface area contributed by atoms with E-state index < -0.39 is 0 Å². The number of hydrogen-bond acceptors (Lipinski definition) is 2. The third-order valence-electron chi connectivity index (χ3n) is 3.49. The Balaban J connectivity index is 2.16. The summed E-state index contributed by atoms with van der Waals surface area (Å²) in [4.78, 5) is 2.37. The maximum absolute atomic E-state index is 6.26. The molecule has 0 atom stereocenters. The molecule has 2 aromatic rings. The number of benzene rings is 2. The second kappa shape index (κ2) is 6.78. The lowest BCUT2D eigenvalue weighted by Gasteiger charge is -2.27. The highest BCUT2D eigenvalue weighted by atomic mass is 35.5. The molecule has 0 saturated carbocycles. The summed E-state index contributed by atoms with van der Waals surface area (Å²) in [6.07, 6.45) is 0. The highest BCUT2D eigenvalue weighted by molar-refractivity contribution is 6.31. The molecule has 2 nitrogen and oxygen atoms in total. The lowest BCUT2D eigenvalue weighted by atomic mass is 10.1. The van der Waals surface area contributed by atoms with Gasteiger partial charge in [0.25, 0.3) is 0 Å². The van der Waals surface area contributed by atoms with Gasteiger partial charge >= 0.3 is 0 Å². The molecule has 0 heterocycles. The molecule has 0 aliphatic rings. The molecule has 106 valence electrons. The second-order valence-corrected chi connectivity index (χ2v) is 5.70. The molecule has 0 aliphatic carbocycles.